The second-order valence-corrected chi connectivity index (χ2v) is 4.23. The first-order chi connectivity index (χ1) is 7.33. The molecular formula is C10H11BrF3NO. The van der Waals surface area contributed by atoms with Gasteiger partial charge in [-0.05, 0) is 18.2 Å². The van der Waals surface area contributed by atoms with Crippen LogP contribution in [0.25, 0.3) is 0 Å². The van der Waals surface area contributed by atoms with Crippen LogP contribution in [0.15, 0.2) is 22.7 Å². The van der Waals surface area contributed by atoms with E-state index in [1.54, 1.807) is 12.1 Å². The predicted molar refractivity (Wildman–Crippen MR) is 58.3 cm³/mol. The van der Waals surface area contributed by atoms with Crippen LogP contribution < -0.4 is 10.5 Å². The van der Waals surface area contributed by atoms with Gasteiger partial charge in [0.25, 0.3) is 0 Å². The van der Waals surface area contributed by atoms with E-state index in [1.807, 2.05) is 0 Å². The molecule has 1 unspecified atom stereocenters. The monoisotopic (exact) mass is 297 g/mol. The van der Waals surface area contributed by atoms with Gasteiger partial charge >= 0.3 is 6.18 Å². The lowest BCUT2D eigenvalue weighted by Crippen LogP contribution is -2.20. The summed E-state index contributed by atoms with van der Waals surface area (Å²) in [6, 6.07) is 3.68. The summed E-state index contributed by atoms with van der Waals surface area (Å²) < 4.78 is 42.2. The van der Waals surface area contributed by atoms with Gasteiger partial charge in [0, 0.05) is 16.1 Å². The van der Waals surface area contributed by atoms with Crippen LogP contribution in [0.4, 0.5) is 13.2 Å². The second-order valence-electron chi connectivity index (χ2n) is 3.31. The Morgan fingerprint density at radius 1 is 1.44 bits per heavy atom. The van der Waals surface area contributed by atoms with Crippen LogP contribution in [-0.4, -0.2) is 13.3 Å². The minimum atomic E-state index is -4.28. The third-order valence-electron chi connectivity index (χ3n) is 2.04. The lowest BCUT2D eigenvalue weighted by atomic mass is 10.0. The quantitative estimate of drug-likeness (QED) is 0.928. The Morgan fingerprint density at radius 3 is 2.56 bits per heavy atom. The number of ether oxygens (including phenoxy) is 1. The number of rotatable bonds is 3. The topological polar surface area (TPSA) is 35.2 Å². The Morgan fingerprint density at radius 2 is 2.06 bits per heavy atom. The average Bonchev–Trinajstić information content (AvgIpc) is 2.15. The predicted octanol–water partition coefficient (Wildman–Crippen LogP) is 3.41. The molecule has 0 aliphatic rings. The van der Waals surface area contributed by atoms with Gasteiger partial charge in [-0.3, -0.25) is 0 Å². The fraction of sp³-hybridized carbons (Fsp3) is 0.400. The van der Waals surface area contributed by atoms with Gasteiger partial charge in [0.15, 0.2) is 0 Å². The Kier molecular flexibility index (Phi) is 4.21. The first-order valence-corrected chi connectivity index (χ1v) is 5.28. The number of methoxy groups -OCH3 is 1. The maximum Gasteiger partial charge on any atom is 0.390 e. The van der Waals surface area contributed by atoms with Crippen molar-refractivity contribution in [2.45, 2.75) is 18.6 Å². The number of benzene rings is 1. The Balaban J connectivity index is 2.97. The molecule has 0 fully saturated rings. The first kappa shape index (κ1) is 13.3. The van der Waals surface area contributed by atoms with Crippen molar-refractivity contribution < 1.29 is 17.9 Å². The van der Waals surface area contributed by atoms with E-state index < -0.39 is 18.6 Å². The molecule has 90 valence electrons. The molecule has 2 nitrogen and oxygen atoms in total. The van der Waals surface area contributed by atoms with Crippen molar-refractivity contribution in [1.82, 2.24) is 0 Å². The van der Waals surface area contributed by atoms with Gasteiger partial charge in [0.05, 0.1) is 13.5 Å². The molecule has 6 heteroatoms. The molecule has 1 atom stereocenters. The molecule has 1 rings (SSSR count). The first-order valence-electron chi connectivity index (χ1n) is 4.49. The molecule has 1 aromatic carbocycles. The lowest BCUT2D eigenvalue weighted by molar-refractivity contribution is -0.138. The average molecular weight is 298 g/mol. The van der Waals surface area contributed by atoms with Gasteiger partial charge in [-0.15, -0.1) is 0 Å². The third kappa shape index (κ3) is 3.68. The number of alkyl halides is 3. The molecule has 0 bridgehead atoms. The van der Waals surface area contributed by atoms with E-state index in [0.29, 0.717) is 15.8 Å². The minimum absolute atomic E-state index is 0.342. The van der Waals surface area contributed by atoms with Crippen LogP contribution in [0.2, 0.25) is 0 Å². The zero-order valence-electron chi connectivity index (χ0n) is 8.51. The number of nitrogens with two attached hydrogens (primary N) is 1. The number of hydrogen-bond acceptors (Lipinski definition) is 2. The van der Waals surface area contributed by atoms with Crippen LogP contribution in [0, 0.1) is 0 Å². The molecule has 0 aliphatic heterocycles. The molecular weight excluding hydrogens is 287 g/mol. The van der Waals surface area contributed by atoms with E-state index in [1.165, 1.54) is 13.2 Å². The molecule has 2 N–H and O–H groups in total. The van der Waals surface area contributed by atoms with E-state index in [0.717, 1.165) is 0 Å². The fourth-order valence-electron chi connectivity index (χ4n) is 1.35. The molecule has 0 spiro atoms. The SMILES string of the molecule is COc1ccc(Br)cc1C(N)CC(F)(F)F. The Labute approximate surface area is 99.7 Å². The smallest absolute Gasteiger partial charge is 0.390 e. The van der Waals surface area contributed by atoms with Crippen LogP contribution in [-0.2, 0) is 0 Å². The van der Waals surface area contributed by atoms with Gasteiger partial charge < -0.3 is 10.5 Å². The minimum Gasteiger partial charge on any atom is -0.496 e. The molecule has 0 aromatic heterocycles. The van der Waals surface area contributed by atoms with Crippen LogP contribution >= 0.6 is 15.9 Å². The molecule has 1 aromatic rings. The molecule has 0 heterocycles. The highest BCUT2D eigenvalue weighted by atomic mass is 79.9. The number of halogens is 4. The van der Waals surface area contributed by atoms with Crippen molar-refractivity contribution in [3.8, 4) is 5.75 Å². The van der Waals surface area contributed by atoms with Crippen LogP contribution in [0.1, 0.15) is 18.0 Å². The van der Waals surface area contributed by atoms with Crippen molar-refractivity contribution >= 4 is 15.9 Å². The highest BCUT2D eigenvalue weighted by molar-refractivity contribution is 9.10. The molecule has 0 saturated carbocycles. The highest BCUT2D eigenvalue weighted by Crippen LogP contribution is 2.33. The van der Waals surface area contributed by atoms with Crippen molar-refractivity contribution in [2.24, 2.45) is 5.73 Å². The summed E-state index contributed by atoms with van der Waals surface area (Å²) in [4.78, 5) is 0. The summed E-state index contributed by atoms with van der Waals surface area (Å²) in [7, 11) is 1.40. The van der Waals surface area contributed by atoms with Crippen LogP contribution in [0.3, 0.4) is 0 Å². The van der Waals surface area contributed by atoms with Gasteiger partial charge in [0.2, 0.25) is 0 Å². The zero-order chi connectivity index (χ0) is 12.3. The number of hydrogen-bond donors (Lipinski definition) is 1. The maximum atomic E-state index is 12.2. The zero-order valence-corrected chi connectivity index (χ0v) is 10.1. The molecule has 16 heavy (non-hydrogen) atoms. The lowest BCUT2D eigenvalue weighted by Gasteiger charge is -2.17. The highest BCUT2D eigenvalue weighted by Gasteiger charge is 2.32. The van der Waals surface area contributed by atoms with E-state index in [-0.39, 0.29) is 0 Å². The molecule has 0 amide bonds. The van der Waals surface area contributed by atoms with E-state index in [4.69, 9.17) is 10.5 Å². The van der Waals surface area contributed by atoms with E-state index in [2.05, 4.69) is 15.9 Å². The Bertz CT molecular complexity index is 368. The summed E-state index contributed by atoms with van der Waals surface area (Å²) in [5, 5.41) is 0. The summed E-state index contributed by atoms with van der Waals surface area (Å²) in [6.45, 7) is 0. The van der Waals surface area contributed by atoms with Crippen LogP contribution in [0.5, 0.6) is 5.75 Å². The summed E-state index contributed by atoms with van der Waals surface area (Å²) in [5.74, 6) is 0.361. The third-order valence-corrected chi connectivity index (χ3v) is 2.54. The largest absolute Gasteiger partial charge is 0.496 e. The van der Waals surface area contributed by atoms with Crippen molar-refractivity contribution in [1.29, 1.82) is 0 Å². The van der Waals surface area contributed by atoms with Gasteiger partial charge in [-0.1, -0.05) is 15.9 Å². The van der Waals surface area contributed by atoms with Gasteiger partial charge in [-0.25, -0.2) is 0 Å². The molecule has 0 radical (unpaired) electrons. The molecule has 0 saturated heterocycles. The van der Waals surface area contributed by atoms with Gasteiger partial charge in [0.1, 0.15) is 5.75 Å². The second kappa shape index (κ2) is 5.05. The summed E-state index contributed by atoms with van der Waals surface area (Å²) >= 11 is 3.18. The van der Waals surface area contributed by atoms with Crippen molar-refractivity contribution in [3.63, 3.8) is 0 Å². The van der Waals surface area contributed by atoms with Crippen molar-refractivity contribution in [3.05, 3.63) is 28.2 Å². The molecule has 0 aliphatic carbocycles. The van der Waals surface area contributed by atoms with Gasteiger partial charge in [-0.2, -0.15) is 13.2 Å². The van der Waals surface area contributed by atoms with Crippen molar-refractivity contribution in [2.75, 3.05) is 7.11 Å². The fourth-order valence-corrected chi connectivity index (χ4v) is 1.73. The normalized spacial score (nSPS) is 13.6. The van der Waals surface area contributed by atoms with E-state index >= 15 is 0 Å². The summed E-state index contributed by atoms with van der Waals surface area (Å²) in [5.41, 5.74) is 5.85. The summed E-state index contributed by atoms with van der Waals surface area (Å²) in [6.07, 6.45) is -5.35. The van der Waals surface area contributed by atoms with E-state index in [9.17, 15) is 13.2 Å². The maximum absolute atomic E-state index is 12.2. The Hall–Kier alpha value is -0.750. The standard InChI is InChI=1S/C10H11BrF3NO/c1-16-9-3-2-6(11)4-7(9)8(15)5-10(12,13)14/h2-4,8H,5,15H2,1H3.